The molecular weight excluding hydrogens is 358 g/mol. The molecule has 0 atom stereocenters. The first-order chi connectivity index (χ1) is 13.1. The van der Waals surface area contributed by atoms with Gasteiger partial charge in [0.15, 0.2) is 0 Å². The van der Waals surface area contributed by atoms with Gasteiger partial charge in [-0.15, -0.1) is 11.3 Å². The van der Waals surface area contributed by atoms with Crippen molar-refractivity contribution in [2.24, 2.45) is 0 Å². The van der Waals surface area contributed by atoms with Crippen molar-refractivity contribution in [1.29, 1.82) is 0 Å². The van der Waals surface area contributed by atoms with Gasteiger partial charge >= 0.3 is 0 Å². The predicted octanol–water partition coefficient (Wildman–Crippen LogP) is 3.19. The van der Waals surface area contributed by atoms with Crippen molar-refractivity contribution in [2.75, 3.05) is 45.1 Å². The Labute approximate surface area is 165 Å². The van der Waals surface area contributed by atoms with Gasteiger partial charge in [0.1, 0.15) is 4.83 Å². The number of amides is 1. The third-order valence-electron chi connectivity index (χ3n) is 6.36. The molecule has 27 heavy (non-hydrogen) atoms. The molecule has 2 aromatic rings. The molecule has 6 nitrogen and oxygen atoms in total. The summed E-state index contributed by atoms with van der Waals surface area (Å²) in [6.45, 7) is 7.24. The van der Waals surface area contributed by atoms with Crippen LogP contribution in [0.5, 0.6) is 0 Å². The highest BCUT2D eigenvalue weighted by Crippen LogP contribution is 2.39. The molecule has 148 valence electrons. The van der Waals surface area contributed by atoms with Gasteiger partial charge in [-0.2, -0.15) is 0 Å². The highest BCUT2D eigenvalue weighted by Gasteiger charge is 2.37. The molecule has 1 N–H and O–H groups in total. The molecule has 0 unspecified atom stereocenters. The van der Waals surface area contributed by atoms with E-state index in [2.05, 4.69) is 38.0 Å². The van der Waals surface area contributed by atoms with E-state index in [4.69, 9.17) is 4.98 Å². The van der Waals surface area contributed by atoms with E-state index in [0.29, 0.717) is 12.3 Å². The molecule has 7 heteroatoms. The number of imidazole rings is 1. The van der Waals surface area contributed by atoms with Crippen molar-refractivity contribution in [2.45, 2.75) is 50.9 Å². The van der Waals surface area contributed by atoms with Crippen LogP contribution in [0.2, 0.25) is 0 Å². The molecule has 2 fully saturated rings. The largest absolute Gasteiger partial charge is 0.358 e. The number of carbonyl (C=O) groups excluding carboxylic acids is 1. The van der Waals surface area contributed by atoms with Crippen LogP contribution in [0.25, 0.3) is 4.83 Å². The minimum Gasteiger partial charge on any atom is -0.358 e. The van der Waals surface area contributed by atoms with Gasteiger partial charge in [0.2, 0.25) is 11.9 Å². The minimum atomic E-state index is 0.0366. The Balaban J connectivity index is 1.37. The first-order valence-corrected chi connectivity index (χ1v) is 11.1. The summed E-state index contributed by atoms with van der Waals surface area (Å²) in [5.41, 5.74) is 1.22. The molecule has 2 aliphatic rings. The topological polar surface area (TPSA) is 52.9 Å². The van der Waals surface area contributed by atoms with Gasteiger partial charge in [0, 0.05) is 50.1 Å². The first kappa shape index (κ1) is 18.7. The standard InChI is InChI=1S/C20H31N5OS/c1-20(17-18-25(14-15-27-18)19(21-2)22-17)7-12-24(13-8-20)16(26)6-11-23-9-4-3-5-10-23/h14-15H,3-13H2,1-2H3,(H,21,22). The molecule has 2 aromatic heterocycles. The minimum absolute atomic E-state index is 0.0366. The number of aromatic nitrogens is 2. The van der Waals surface area contributed by atoms with Gasteiger partial charge in [0.25, 0.3) is 0 Å². The zero-order valence-corrected chi connectivity index (χ0v) is 17.4. The van der Waals surface area contributed by atoms with Crippen molar-refractivity contribution < 1.29 is 4.79 Å². The highest BCUT2D eigenvalue weighted by atomic mass is 32.1. The lowest BCUT2D eigenvalue weighted by atomic mass is 9.78. The number of nitrogens with zero attached hydrogens (tertiary/aromatic N) is 4. The van der Waals surface area contributed by atoms with E-state index >= 15 is 0 Å². The highest BCUT2D eigenvalue weighted by molar-refractivity contribution is 7.15. The zero-order valence-electron chi connectivity index (χ0n) is 16.5. The predicted molar refractivity (Wildman–Crippen MR) is 111 cm³/mol. The molecule has 0 spiro atoms. The molecule has 0 bridgehead atoms. The second-order valence-corrected chi connectivity index (χ2v) is 9.10. The average molecular weight is 390 g/mol. The number of fused-ring (bicyclic) bond motifs is 1. The number of hydrogen-bond donors (Lipinski definition) is 1. The Morgan fingerprint density at radius 1 is 1.22 bits per heavy atom. The number of hydrogen-bond acceptors (Lipinski definition) is 5. The molecular formula is C20H31N5OS. The second-order valence-electron chi connectivity index (χ2n) is 8.21. The summed E-state index contributed by atoms with van der Waals surface area (Å²) < 4.78 is 2.14. The molecule has 2 aliphatic heterocycles. The van der Waals surface area contributed by atoms with Crippen molar-refractivity contribution in [1.82, 2.24) is 19.2 Å². The number of thiazole rings is 1. The first-order valence-electron chi connectivity index (χ1n) is 10.2. The third-order valence-corrected chi connectivity index (χ3v) is 7.23. The Morgan fingerprint density at radius 2 is 1.96 bits per heavy atom. The lowest BCUT2D eigenvalue weighted by Gasteiger charge is -2.39. The summed E-state index contributed by atoms with van der Waals surface area (Å²) >= 11 is 1.75. The quantitative estimate of drug-likeness (QED) is 0.853. The zero-order chi connectivity index (χ0) is 18.9. The number of anilines is 1. The number of rotatable bonds is 5. The lowest BCUT2D eigenvalue weighted by Crippen LogP contribution is -2.45. The van der Waals surface area contributed by atoms with Crippen LogP contribution < -0.4 is 5.32 Å². The number of piperidine rings is 2. The van der Waals surface area contributed by atoms with Crippen LogP contribution in [-0.2, 0) is 10.2 Å². The van der Waals surface area contributed by atoms with Crippen molar-refractivity contribution >= 4 is 28.0 Å². The fourth-order valence-electron chi connectivity index (χ4n) is 4.48. The van der Waals surface area contributed by atoms with Gasteiger partial charge in [-0.25, -0.2) is 4.98 Å². The monoisotopic (exact) mass is 389 g/mol. The Kier molecular flexibility index (Phi) is 5.41. The maximum Gasteiger partial charge on any atom is 0.223 e. The van der Waals surface area contributed by atoms with E-state index in [1.54, 1.807) is 11.3 Å². The number of likely N-dealkylation sites (tertiary alicyclic amines) is 2. The van der Waals surface area contributed by atoms with Crippen molar-refractivity contribution in [3.8, 4) is 0 Å². The van der Waals surface area contributed by atoms with E-state index in [0.717, 1.165) is 51.5 Å². The molecule has 1 amide bonds. The van der Waals surface area contributed by atoms with E-state index in [-0.39, 0.29) is 5.41 Å². The molecule has 4 heterocycles. The molecule has 4 rings (SSSR count). The van der Waals surface area contributed by atoms with Crippen LogP contribution in [0, 0.1) is 0 Å². The summed E-state index contributed by atoms with van der Waals surface area (Å²) in [7, 11) is 1.92. The van der Waals surface area contributed by atoms with Gasteiger partial charge in [-0.1, -0.05) is 13.3 Å². The Hall–Kier alpha value is -1.60. The van der Waals surface area contributed by atoms with E-state index < -0.39 is 0 Å². The van der Waals surface area contributed by atoms with E-state index in [1.807, 2.05) is 7.05 Å². The maximum absolute atomic E-state index is 12.7. The summed E-state index contributed by atoms with van der Waals surface area (Å²) in [5.74, 6) is 1.23. The molecule has 0 aromatic carbocycles. The maximum atomic E-state index is 12.7. The third kappa shape index (κ3) is 3.72. The van der Waals surface area contributed by atoms with Crippen LogP contribution in [0.4, 0.5) is 5.95 Å². The van der Waals surface area contributed by atoms with Crippen LogP contribution in [0.3, 0.4) is 0 Å². The lowest BCUT2D eigenvalue weighted by molar-refractivity contribution is -0.133. The van der Waals surface area contributed by atoms with Crippen molar-refractivity contribution in [3.05, 3.63) is 17.3 Å². The average Bonchev–Trinajstić information content (AvgIpc) is 3.30. The molecule has 0 radical (unpaired) electrons. The van der Waals surface area contributed by atoms with Gasteiger partial charge in [-0.05, 0) is 38.8 Å². The summed E-state index contributed by atoms with van der Waals surface area (Å²) in [6.07, 6.45) is 8.62. The van der Waals surface area contributed by atoms with E-state index in [9.17, 15) is 4.79 Å². The van der Waals surface area contributed by atoms with Gasteiger partial charge in [0.05, 0.1) is 5.69 Å². The fraction of sp³-hybridized carbons (Fsp3) is 0.700. The molecule has 0 aliphatic carbocycles. The Bertz CT molecular complexity index is 783. The summed E-state index contributed by atoms with van der Waals surface area (Å²) in [6, 6.07) is 0. The van der Waals surface area contributed by atoms with Gasteiger partial charge in [-0.3, -0.25) is 9.20 Å². The van der Waals surface area contributed by atoms with Crippen LogP contribution in [0.15, 0.2) is 11.6 Å². The molecule has 2 saturated heterocycles. The van der Waals surface area contributed by atoms with Crippen LogP contribution in [0.1, 0.15) is 51.1 Å². The normalized spacial score (nSPS) is 20.9. The summed E-state index contributed by atoms with van der Waals surface area (Å²) in [4.78, 5) is 23.3. The second kappa shape index (κ2) is 7.80. The smallest absolute Gasteiger partial charge is 0.223 e. The number of carbonyl (C=O) groups is 1. The van der Waals surface area contributed by atoms with E-state index in [1.165, 1.54) is 29.8 Å². The van der Waals surface area contributed by atoms with Crippen LogP contribution >= 0.6 is 11.3 Å². The van der Waals surface area contributed by atoms with Crippen LogP contribution in [-0.4, -0.2) is 64.9 Å². The summed E-state index contributed by atoms with van der Waals surface area (Å²) in [5, 5.41) is 5.31. The van der Waals surface area contributed by atoms with Crippen molar-refractivity contribution in [3.63, 3.8) is 0 Å². The van der Waals surface area contributed by atoms with Gasteiger partial charge < -0.3 is 15.1 Å². The SMILES string of the molecule is CNc1nc(C2(C)CCN(C(=O)CCN3CCCCC3)CC2)c2sccn12. The Morgan fingerprint density at radius 3 is 2.67 bits per heavy atom. The number of nitrogens with one attached hydrogen (secondary N) is 1. The molecule has 0 saturated carbocycles. The fourth-order valence-corrected chi connectivity index (χ4v) is 5.45.